The minimum absolute atomic E-state index is 0.0412. The Morgan fingerprint density at radius 2 is 2.14 bits per heavy atom. The maximum atomic E-state index is 11.7. The van der Waals surface area contributed by atoms with Crippen LogP contribution in [0.1, 0.15) is 5.01 Å². The summed E-state index contributed by atoms with van der Waals surface area (Å²) in [5.41, 5.74) is 0. The number of carbonyl (C=O) groups excluding carboxylic acids is 1. The van der Waals surface area contributed by atoms with Crippen molar-refractivity contribution in [2.75, 3.05) is 5.32 Å². The molecule has 0 bridgehead atoms. The molecule has 1 rings (SSSR count). The quantitative estimate of drug-likeness (QED) is 0.808. The lowest BCUT2D eigenvalue weighted by molar-refractivity contribution is -0.167. The van der Waals surface area contributed by atoms with Crippen molar-refractivity contribution in [3.8, 4) is 0 Å². The molecule has 1 aromatic rings. The Bertz CT molecular complexity index is 339. The molecule has 14 heavy (non-hydrogen) atoms. The first kappa shape index (κ1) is 11.2. The predicted octanol–water partition coefficient (Wildman–Crippen LogP) is 1.78. The molecule has 0 aliphatic heterocycles. The van der Waals surface area contributed by atoms with Gasteiger partial charge in [-0.05, 0) is 0 Å². The second-order valence-corrected chi connectivity index (χ2v) is 3.42. The summed E-state index contributed by atoms with van der Waals surface area (Å²) in [7, 11) is 0. The van der Waals surface area contributed by atoms with Gasteiger partial charge < -0.3 is 0 Å². The molecule has 78 valence electrons. The summed E-state index contributed by atoms with van der Waals surface area (Å²) in [6, 6.07) is 0. The third-order valence-corrected chi connectivity index (χ3v) is 2.31. The summed E-state index contributed by atoms with van der Waals surface area (Å²) in [5, 5.41) is 8.39. The van der Waals surface area contributed by atoms with Crippen LogP contribution in [0.25, 0.3) is 0 Å². The van der Waals surface area contributed by atoms with Gasteiger partial charge in [-0.25, -0.2) is 0 Å². The summed E-state index contributed by atoms with van der Waals surface area (Å²) in [6.45, 7) is 0. The number of hydrogen-bond donors (Lipinski definition) is 1. The van der Waals surface area contributed by atoms with Crippen LogP contribution >= 0.6 is 22.9 Å². The van der Waals surface area contributed by atoms with E-state index in [-0.39, 0.29) is 11.0 Å². The summed E-state index contributed by atoms with van der Waals surface area (Å²) < 4.78 is 35.2. The minimum Gasteiger partial charge on any atom is -0.293 e. The average molecular weight is 246 g/mol. The molecule has 0 atom stereocenters. The molecule has 1 heterocycles. The van der Waals surface area contributed by atoms with Crippen LogP contribution < -0.4 is 5.32 Å². The predicted molar refractivity (Wildman–Crippen MR) is 44.2 cm³/mol. The number of alkyl halides is 4. The number of anilines is 1. The molecule has 0 saturated heterocycles. The maximum absolute atomic E-state index is 11.7. The van der Waals surface area contributed by atoms with Gasteiger partial charge in [0.2, 0.25) is 5.13 Å². The molecular formula is C5H3ClF3N3OS. The zero-order chi connectivity index (χ0) is 10.8. The van der Waals surface area contributed by atoms with E-state index in [1.807, 2.05) is 0 Å². The lowest BCUT2D eigenvalue weighted by atomic mass is 10.6. The van der Waals surface area contributed by atoms with Crippen LogP contribution in [0.3, 0.4) is 0 Å². The first-order valence-corrected chi connectivity index (χ1v) is 4.55. The number of carbonyl (C=O) groups is 1. The second kappa shape index (κ2) is 4.09. The zero-order valence-corrected chi connectivity index (χ0v) is 8.00. The Hall–Kier alpha value is -0.890. The van der Waals surface area contributed by atoms with Crippen LogP contribution in [0.5, 0.6) is 0 Å². The van der Waals surface area contributed by atoms with Gasteiger partial charge in [-0.15, -0.1) is 21.8 Å². The van der Waals surface area contributed by atoms with Crippen LogP contribution in [0.4, 0.5) is 18.3 Å². The number of halogens is 4. The molecule has 0 radical (unpaired) electrons. The van der Waals surface area contributed by atoms with Gasteiger partial charge >= 0.3 is 12.1 Å². The van der Waals surface area contributed by atoms with Gasteiger partial charge in [0.1, 0.15) is 5.01 Å². The highest BCUT2D eigenvalue weighted by molar-refractivity contribution is 7.15. The van der Waals surface area contributed by atoms with E-state index >= 15 is 0 Å². The fraction of sp³-hybridized carbons (Fsp3) is 0.400. The lowest BCUT2D eigenvalue weighted by Crippen LogP contribution is -2.29. The van der Waals surface area contributed by atoms with Gasteiger partial charge in [0.05, 0.1) is 5.88 Å². The van der Waals surface area contributed by atoms with Crippen molar-refractivity contribution in [3.05, 3.63) is 5.01 Å². The molecule has 0 saturated carbocycles. The van der Waals surface area contributed by atoms with Crippen LogP contribution in [-0.2, 0) is 10.7 Å². The number of amides is 1. The largest absolute Gasteiger partial charge is 0.471 e. The molecule has 9 heteroatoms. The fourth-order valence-corrected chi connectivity index (χ4v) is 1.33. The minimum atomic E-state index is -4.92. The van der Waals surface area contributed by atoms with Crippen LogP contribution in [0.15, 0.2) is 0 Å². The molecule has 1 aromatic heterocycles. The first-order chi connectivity index (χ1) is 6.43. The zero-order valence-electron chi connectivity index (χ0n) is 6.43. The Balaban J connectivity index is 2.65. The summed E-state index contributed by atoms with van der Waals surface area (Å²) in [6.07, 6.45) is -4.92. The van der Waals surface area contributed by atoms with E-state index in [1.54, 1.807) is 5.32 Å². The van der Waals surface area contributed by atoms with Gasteiger partial charge in [-0.1, -0.05) is 11.3 Å². The van der Waals surface area contributed by atoms with Crippen molar-refractivity contribution >= 4 is 34.0 Å². The van der Waals surface area contributed by atoms with Crippen molar-refractivity contribution in [2.45, 2.75) is 12.1 Å². The Morgan fingerprint density at radius 3 is 2.57 bits per heavy atom. The summed E-state index contributed by atoms with van der Waals surface area (Å²) in [5.74, 6) is -2.03. The van der Waals surface area contributed by atoms with Gasteiger partial charge in [0, 0.05) is 0 Å². The van der Waals surface area contributed by atoms with Crippen molar-refractivity contribution in [3.63, 3.8) is 0 Å². The summed E-state index contributed by atoms with van der Waals surface area (Å²) in [4.78, 5) is 10.4. The number of hydrogen-bond acceptors (Lipinski definition) is 4. The third-order valence-electron chi connectivity index (χ3n) is 1.06. The van der Waals surface area contributed by atoms with Crippen LogP contribution in [-0.4, -0.2) is 22.3 Å². The molecule has 1 N–H and O–H groups in total. The third kappa shape index (κ3) is 2.81. The molecular weight excluding hydrogens is 243 g/mol. The normalized spacial score (nSPS) is 11.4. The monoisotopic (exact) mass is 245 g/mol. The van der Waals surface area contributed by atoms with E-state index in [0.29, 0.717) is 5.01 Å². The van der Waals surface area contributed by atoms with Gasteiger partial charge in [0.15, 0.2) is 0 Å². The van der Waals surface area contributed by atoms with Crippen molar-refractivity contribution < 1.29 is 18.0 Å². The molecule has 4 nitrogen and oxygen atoms in total. The SMILES string of the molecule is O=C(Nc1nnc(CCl)s1)C(F)(F)F. The molecule has 0 aliphatic rings. The van der Waals surface area contributed by atoms with Gasteiger partial charge in [-0.3, -0.25) is 10.1 Å². The lowest BCUT2D eigenvalue weighted by Gasteiger charge is -2.03. The smallest absolute Gasteiger partial charge is 0.293 e. The highest BCUT2D eigenvalue weighted by Gasteiger charge is 2.39. The number of rotatable bonds is 2. The highest BCUT2D eigenvalue weighted by atomic mass is 35.5. The van der Waals surface area contributed by atoms with Crippen molar-refractivity contribution in [1.29, 1.82) is 0 Å². The first-order valence-electron chi connectivity index (χ1n) is 3.20. The van der Waals surface area contributed by atoms with Crippen LogP contribution in [0, 0.1) is 0 Å². The average Bonchev–Trinajstić information content (AvgIpc) is 2.50. The fourth-order valence-electron chi connectivity index (χ4n) is 0.526. The number of nitrogens with zero attached hydrogens (tertiary/aromatic N) is 2. The van der Waals surface area contributed by atoms with Gasteiger partial charge in [-0.2, -0.15) is 13.2 Å². The standard InChI is InChI=1S/C5H3ClF3N3OS/c6-1-2-11-12-4(14-2)10-3(13)5(7,8)9/h1H2,(H,10,12,13). The molecule has 0 unspecified atom stereocenters. The Labute approximate surface area is 85.1 Å². The van der Waals surface area contributed by atoms with Gasteiger partial charge in [0.25, 0.3) is 0 Å². The number of aromatic nitrogens is 2. The highest BCUT2D eigenvalue weighted by Crippen LogP contribution is 2.21. The maximum Gasteiger partial charge on any atom is 0.471 e. The Kier molecular flexibility index (Phi) is 3.27. The van der Waals surface area contributed by atoms with E-state index in [1.165, 1.54) is 0 Å². The molecule has 1 amide bonds. The topological polar surface area (TPSA) is 54.9 Å². The van der Waals surface area contributed by atoms with Crippen LogP contribution in [0.2, 0.25) is 0 Å². The van der Waals surface area contributed by atoms with Crippen molar-refractivity contribution in [1.82, 2.24) is 10.2 Å². The summed E-state index contributed by atoms with van der Waals surface area (Å²) >= 11 is 6.13. The van der Waals surface area contributed by atoms with E-state index < -0.39 is 12.1 Å². The van der Waals surface area contributed by atoms with E-state index in [4.69, 9.17) is 11.6 Å². The molecule has 0 aliphatic carbocycles. The molecule has 0 aromatic carbocycles. The van der Waals surface area contributed by atoms with E-state index in [9.17, 15) is 18.0 Å². The van der Waals surface area contributed by atoms with E-state index in [2.05, 4.69) is 10.2 Å². The Morgan fingerprint density at radius 1 is 1.50 bits per heavy atom. The number of nitrogens with one attached hydrogen (secondary N) is 1. The molecule has 0 fully saturated rings. The second-order valence-electron chi connectivity index (χ2n) is 2.09. The van der Waals surface area contributed by atoms with Crippen molar-refractivity contribution in [2.24, 2.45) is 0 Å². The van der Waals surface area contributed by atoms with E-state index in [0.717, 1.165) is 11.3 Å². The molecule has 0 spiro atoms.